The molecule has 4 rings (SSSR count). The zero-order chi connectivity index (χ0) is 16.5. The highest BCUT2D eigenvalue weighted by atomic mass is 32.1. The van der Waals surface area contributed by atoms with Crippen molar-refractivity contribution >= 4 is 28.3 Å². The molecule has 24 heavy (non-hydrogen) atoms. The van der Waals surface area contributed by atoms with E-state index in [-0.39, 0.29) is 18.6 Å². The van der Waals surface area contributed by atoms with Crippen molar-refractivity contribution in [3.05, 3.63) is 29.3 Å². The molecule has 2 aliphatic heterocycles. The third-order valence-electron chi connectivity index (χ3n) is 4.01. The van der Waals surface area contributed by atoms with Gasteiger partial charge in [0.15, 0.2) is 11.5 Å². The maximum atomic E-state index is 12.4. The molecule has 0 spiro atoms. The maximum absolute atomic E-state index is 12.4. The molecule has 1 unspecified atom stereocenters. The van der Waals surface area contributed by atoms with Crippen LogP contribution in [0.2, 0.25) is 0 Å². The number of ether oxygens (including phenoxy) is 2. The van der Waals surface area contributed by atoms with Crippen LogP contribution in [0.5, 0.6) is 11.5 Å². The van der Waals surface area contributed by atoms with Gasteiger partial charge in [-0.05, 0) is 24.1 Å². The molecule has 1 N–H and O–H groups in total. The van der Waals surface area contributed by atoms with Crippen LogP contribution in [0.1, 0.15) is 18.4 Å². The summed E-state index contributed by atoms with van der Waals surface area (Å²) in [5.41, 5.74) is 2.43. The van der Waals surface area contributed by atoms with Gasteiger partial charge < -0.3 is 14.4 Å². The van der Waals surface area contributed by atoms with Gasteiger partial charge in [0.1, 0.15) is 11.6 Å². The average molecular weight is 346 g/mol. The van der Waals surface area contributed by atoms with E-state index in [2.05, 4.69) is 15.5 Å². The Morgan fingerprint density at radius 1 is 1.38 bits per heavy atom. The Bertz CT molecular complexity index is 780. The van der Waals surface area contributed by atoms with Crippen LogP contribution in [0.3, 0.4) is 0 Å². The van der Waals surface area contributed by atoms with Gasteiger partial charge >= 0.3 is 0 Å². The number of benzene rings is 1. The second-order valence-corrected chi connectivity index (χ2v) is 6.33. The molecular formula is C15H14N4O4S. The fraction of sp³-hybridized carbons (Fsp3) is 0.333. The first kappa shape index (κ1) is 14.9. The van der Waals surface area contributed by atoms with Gasteiger partial charge in [-0.3, -0.25) is 14.9 Å². The summed E-state index contributed by atoms with van der Waals surface area (Å²) in [4.78, 5) is 26.2. The normalized spacial score (nSPS) is 18.9. The Balaban J connectivity index is 1.49. The molecule has 1 atom stereocenters. The third-order valence-corrected chi connectivity index (χ3v) is 4.62. The molecular weight excluding hydrogens is 332 g/mol. The average Bonchev–Trinajstić information content (AvgIpc) is 3.29. The molecule has 8 nitrogen and oxygen atoms in total. The van der Waals surface area contributed by atoms with Crippen LogP contribution in [0.15, 0.2) is 23.7 Å². The predicted octanol–water partition coefficient (Wildman–Crippen LogP) is 1.40. The van der Waals surface area contributed by atoms with Gasteiger partial charge in [-0.1, -0.05) is 17.4 Å². The fourth-order valence-corrected chi connectivity index (χ4v) is 3.30. The Kier molecular flexibility index (Phi) is 3.77. The summed E-state index contributed by atoms with van der Waals surface area (Å²) in [7, 11) is 0. The van der Waals surface area contributed by atoms with Crippen LogP contribution >= 0.6 is 11.3 Å². The van der Waals surface area contributed by atoms with Gasteiger partial charge in [-0.2, -0.15) is 0 Å². The number of carbonyl (C=O) groups excluding carboxylic acids is 2. The lowest BCUT2D eigenvalue weighted by molar-refractivity contribution is -0.133. The zero-order valence-electron chi connectivity index (χ0n) is 12.6. The van der Waals surface area contributed by atoms with E-state index in [4.69, 9.17) is 9.47 Å². The van der Waals surface area contributed by atoms with Crippen LogP contribution in [0.4, 0.5) is 5.13 Å². The molecule has 0 aliphatic carbocycles. The SMILES string of the molecule is O=C(Nc1nncs1)C1CCC(=O)N1Cc1ccc2c(c1)OCO2. The van der Waals surface area contributed by atoms with Crippen LogP contribution in [0, 0.1) is 0 Å². The summed E-state index contributed by atoms with van der Waals surface area (Å²) in [5.74, 6) is 1.08. The molecule has 1 saturated heterocycles. The summed E-state index contributed by atoms with van der Waals surface area (Å²) in [6.07, 6.45) is 0.854. The van der Waals surface area contributed by atoms with E-state index in [9.17, 15) is 9.59 Å². The molecule has 0 radical (unpaired) electrons. The Hall–Kier alpha value is -2.68. The summed E-state index contributed by atoms with van der Waals surface area (Å²) in [5, 5.41) is 10.6. The van der Waals surface area contributed by atoms with Crippen molar-refractivity contribution in [3.63, 3.8) is 0 Å². The van der Waals surface area contributed by atoms with E-state index >= 15 is 0 Å². The third kappa shape index (κ3) is 2.78. The fourth-order valence-electron chi connectivity index (χ4n) is 2.86. The minimum atomic E-state index is -0.508. The van der Waals surface area contributed by atoms with Crippen molar-refractivity contribution in [1.29, 1.82) is 0 Å². The van der Waals surface area contributed by atoms with E-state index in [0.29, 0.717) is 36.0 Å². The number of hydrogen-bond acceptors (Lipinski definition) is 7. The number of fused-ring (bicyclic) bond motifs is 1. The van der Waals surface area contributed by atoms with Gasteiger partial charge in [-0.15, -0.1) is 10.2 Å². The number of anilines is 1. The minimum absolute atomic E-state index is 0.0370. The Morgan fingerprint density at radius 3 is 3.08 bits per heavy atom. The van der Waals surface area contributed by atoms with Crippen LogP contribution < -0.4 is 14.8 Å². The van der Waals surface area contributed by atoms with Gasteiger partial charge in [0.05, 0.1) is 0 Å². The molecule has 2 aliphatic rings. The lowest BCUT2D eigenvalue weighted by Crippen LogP contribution is -2.41. The number of rotatable bonds is 4. The van der Waals surface area contributed by atoms with E-state index in [1.807, 2.05) is 18.2 Å². The van der Waals surface area contributed by atoms with Gasteiger partial charge in [0, 0.05) is 13.0 Å². The predicted molar refractivity (Wildman–Crippen MR) is 84.7 cm³/mol. The number of hydrogen-bond donors (Lipinski definition) is 1. The van der Waals surface area contributed by atoms with Gasteiger partial charge in [0.25, 0.3) is 0 Å². The minimum Gasteiger partial charge on any atom is -0.454 e. The van der Waals surface area contributed by atoms with Crippen molar-refractivity contribution in [2.24, 2.45) is 0 Å². The van der Waals surface area contributed by atoms with Gasteiger partial charge in [0.2, 0.25) is 23.7 Å². The zero-order valence-corrected chi connectivity index (χ0v) is 13.4. The summed E-state index contributed by atoms with van der Waals surface area (Å²) in [6, 6.07) is 5.02. The molecule has 0 saturated carbocycles. The Morgan fingerprint density at radius 2 is 2.25 bits per heavy atom. The van der Waals surface area contributed by atoms with Gasteiger partial charge in [-0.25, -0.2) is 0 Å². The smallest absolute Gasteiger partial charge is 0.249 e. The van der Waals surface area contributed by atoms with Crippen LogP contribution in [0.25, 0.3) is 0 Å². The summed E-state index contributed by atoms with van der Waals surface area (Å²) < 4.78 is 10.6. The number of nitrogens with one attached hydrogen (secondary N) is 1. The highest BCUT2D eigenvalue weighted by Gasteiger charge is 2.36. The van der Waals surface area contributed by atoms with Crippen LogP contribution in [-0.4, -0.2) is 39.7 Å². The summed E-state index contributed by atoms with van der Waals surface area (Å²) in [6.45, 7) is 0.554. The van der Waals surface area contributed by atoms with Crippen LogP contribution in [-0.2, 0) is 16.1 Å². The standard InChI is InChI=1S/C15H14N4O4S/c20-13-4-2-10(14(21)17-15-18-16-7-24-15)19(13)6-9-1-3-11-12(5-9)23-8-22-11/h1,3,5,7,10H,2,4,6,8H2,(H,17,18,21). The molecule has 1 fully saturated rings. The lowest BCUT2D eigenvalue weighted by atomic mass is 10.1. The van der Waals surface area contributed by atoms with Crippen molar-refractivity contribution < 1.29 is 19.1 Å². The quantitative estimate of drug-likeness (QED) is 0.899. The van der Waals surface area contributed by atoms with E-state index < -0.39 is 6.04 Å². The van der Waals surface area contributed by atoms with E-state index in [1.165, 1.54) is 11.3 Å². The summed E-state index contributed by atoms with van der Waals surface area (Å²) >= 11 is 1.24. The molecule has 124 valence electrons. The molecule has 3 heterocycles. The van der Waals surface area contributed by atoms with E-state index in [0.717, 1.165) is 5.56 Å². The first-order chi connectivity index (χ1) is 11.7. The molecule has 1 aromatic heterocycles. The Labute approximate surface area is 141 Å². The van der Waals surface area contributed by atoms with Crippen molar-refractivity contribution in [1.82, 2.24) is 15.1 Å². The largest absolute Gasteiger partial charge is 0.454 e. The molecule has 2 aromatic rings. The number of nitrogens with zero attached hydrogens (tertiary/aromatic N) is 3. The number of amides is 2. The molecule has 1 aromatic carbocycles. The first-order valence-corrected chi connectivity index (χ1v) is 8.34. The first-order valence-electron chi connectivity index (χ1n) is 7.46. The number of aromatic nitrogens is 2. The molecule has 9 heteroatoms. The second kappa shape index (κ2) is 6.08. The maximum Gasteiger partial charge on any atom is 0.249 e. The monoisotopic (exact) mass is 346 g/mol. The number of carbonyl (C=O) groups is 2. The topological polar surface area (TPSA) is 93.7 Å². The van der Waals surface area contributed by atoms with E-state index in [1.54, 1.807) is 10.4 Å². The van der Waals surface area contributed by atoms with Crippen molar-refractivity contribution in [2.45, 2.75) is 25.4 Å². The van der Waals surface area contributed by atoms with Crippen molar-refractivity contribution in [2.75, 3.05) is 12.1 Å². The lowest BCUT2D eigenvalue weighted by Gasteiger charge is -2.23. The number of likely N-dealkylation sites (tertiary alicyclic amines) is 1. The second-order valence-electron chi connectivity index (χ2n) is 5.50. The highest BCUT2D eigenvalue weighted by Crippen LogP contribution is 2.33. The molecule has 2 amide bonds. The van der Waals surface area contributed by atoms with Crippen molar-refractivity contribution in [3.8, 4) is 11.5 Å². The highest BCUT2D eigenvalue weighted by molar-refractivity contribution is 7.13. The molecule has 0 bridgehead atoms.